The summed E-state index contributed by atoms with van der Waals surface area (Å²) in [6, 6.07) is 0. The zero-order chi connectivity index (χ0) is 8.20. The van der Waals surface area contributed by atoms with Gasteiger partial charge in [-0.25, -0.2) is 0 Å². The topological polar surface area (TPSA) is 54.4 Å². The quantitative estimate of drug-likeness (QED) is 0.600. The van der Waals surface area contributed by atoms with Crippen molar-refractivity contribution in [3.8, 4) is 0 Å². The van der Waals surface area contributed by atoms with Gasteiger partial charge in [0.1, 0.15) is 6.29 Å². The van der Waals surface area contributed by atoms with Crippen LogP contribution >= 0.6 is 0 Å². The molecule has 58 valence electrons. The molecule has 0 aromatic rings. The molecule has 0 spiro atoms. The molecule has 0 aromatic heterocycles. The van der Waals surface area contributed by atoms with Crippen molar-refractivity contribution in [3.05, 3.63) is 0 Å². The molecule has 3 heteroatoms. The Kier molecular flexibility index (Phi) is 3.06. The molecule has 1 N–H and O–H groups in total. The summed E-state index contributed by atoms with van der Waals surface area (Å²) >= 11 is 0. The molecule has 3 nitrogen and oxygen atoms in total. The maximum absolute atomic E-state index is 10.5. The van der Waals surface area contributed by atoms with Crippen LogP contribution in [0.1, 0.15) is 26.7 Å². The first-order valence-electron chi connectivity index (χ1n) is 3.24. The number of carboxylic acid groups (broad SMARTS) is 1. The summed E-state index contributed by atoms with van der Waals surface area (Å²) in [6.07, 6.45) is 1.23. The lowest BCUT2D eigenvalue weighted by Gasteiger charge is -2.18. The molecule has 0 aliphatic rings. The zero-order valence-corrected chi connectivity index (χ0v) is 6.26. The Hall–Kier alpha value is -0.860. The highest BCUT2D eigenvalue weighted by atomic mass is 16.4. The van der Waals surface area contributed by atoms with Gasteiger partial charge in [-0.15, -0.1) is 0 Å². The third kappa shape index (κ3) is 1.83. The molecule has 0 aliphatic heterocycles. The summed E-state index contributed by atoms with van der Waals surface area (Å²) in [7, 11) is 0. The third-order valence-electron chi connectivity index (χ3n) is 1.83. The number of hydrogen-bond acceptors (Lipinski definition) is 2. The van der Waals surface area contributed by atoms with E-state index in [0.29, 0.717) is 12.7 Å². The molecule has 10 heavy (non-hydrogen) atoms. The van der Waals surface area contributed by atoms with E-state index in [1.54, 1.807) is 13.8 Å². The lowest BCUT2D eigenvalue weighted by molar-refractivity contribution is -0.149. The minimum Gasteiger partial charge on any atom is -0.481 e. The molecule has 0 saturated carbocycles. The summed E-state index contributed by atoms with van der Waals surface area (Å²) < 4.78 is 0. The van der Waals surface area contributed by atoms with Gasteiger partial charge in [0.2, 0.25) is 0 Å². The van der Waals surface area contributed by atoms with Crippen LogP contribution in [0.5, 0.6) is 0 Å². The standard InChI is InChI=1S/C7H12O3/c1-3-7(2,4-5-8)6(9)10/h5H,3-4H2,1-2H3,(H,9,10). The van der Waals surface area contributed by atoms with E-state index in [2.05, 4.69) is 0 Å². The number of carbonyl (C=O) groups excluding carboxylic acids is 1. The average Bonchev–Trinajstić information content (AvgIpc) is 1.88. The summed E-state index contributed by atoms with van der Waals surface area (Å²) in [6.45, 7) is 3.33. The van der Waals surface area contributed by atoms with Crippen LogP contribution < -0.4 is 0 Å². The predicted molar refractivity (Wildman–Crippen MR) is 36.7 cm³/mol. The van der Waals surface area contributed by atoms with Crippen LogP contribution in [0.3, 0.4) is 0 Å². The lowest BCUT2D eigenvalue weighted by Crippen LogP contribution is -2.26. The summed E-state index contributed by atoms with van der Waals surface area (Å²) in [5.74, 6) is -0.901. The van der Waals surface area contributed by atoms with E-state index in [1.807, 2.05) is 0 Å². The maximum Gasteiger partial charge on any atom is 0.309 e. The van der Waals surface area contributed by atoms with Gasteiger partial charge in [-0.05, 0) is 13.3 Å². The second kappa shape index (κ2) is 3.34. The molecule has 0 radical (unpaired) electrons. The smallest absolute Gasteiger partial charge is 0.309 e. The molecule has 0 saturated heterocycles. The first-order chi connectivity index (χ1) is 4.56. The number of carbonyl (C=O) groups is 2. The van der Waals surface area contributed by atoms with Crippen molar-refractivity contribution in [2.24, 2.45) is 5.41 Å². The van der Waals surface area contributed by atoms with E-state index in [1.165, 1.54) is 0 Å². The highest BCUT2D eigenvalue weighted by molar-refractivity contribution is 5.77. The second-order valence-electron chi connectivity index (χ2n) is 2.59. The molecule has 0 amide bonds. The Balaban J connectivity index is 4.21. The van der Waals surface area contributed by atoms with Crippen LogP contribution in [0.2, 0.25) is 0 Å². The van der Waals surface area contributed by atoms with Gasteiger partial charge >= 0.3 is 5.97 Å². The molecule has 0 heterocycles. The lowest BCUT2D eigenvalue weighted by atomic mass is 9.85. The van der Waals surface area contributed by atoms with E-state index >= 15 is 0 Å². The first-order valence-corrected chi connectivity index (χ1v) is 3.24. The number of carboxylic acids is 1. The van der Waals surface area contributed by atoms with Gasteiger partial charge in [0.15, 0.2) is 0 Å². The van der Waals surface area contributed by atoms with Gasteiger partial charge in [-0.1, -0.05) is 6.92 Å². The fourth-order valence-corrected chi connectivity index (χ4v) is 0.567. The van der Waals surface area contributed by atoms with Crippen LogP contribution in [0.4, 0.5) is 0 Å². The van der Waals surface area contributed by atoms with Crippen molar-refractivity contribution in [2.45, 2.75) is 26.7 Å². The maximum atomic E-state index is 10.5. The highest BCUT2D eigenvalue weighted by Crippen LogP contribution is 2.24. The summed E-state index contributed by atoms with van der Waals surface area (Å²) in [5.41, 5.74) is -0.859. The van der Waals surface area contributed by atoms with Crippen molar-refractivity contribution < 1.29 is 14.7 Å². The predicted octanol–water partition coefficient (Wildman–Crippen LogP) is 1.08. The Labute approximate surface area is 60.0 Å². The van der Waals surface area contributed by atoms with E-state index in [-0.39, 0.29) is 6.42 Å². The van der Waals surface area contributed by atoms with Gasteiger partial charge in [0.25, 0.3) is 0 Å². The third-order valence-corrected chi connectivity index (χ3v) is 1.83. The minimum atomic E-state index is -0.901. The van der Waals surface area contributed by atoms with Crippen LogP contribution in [-0.4, -0.2) is 17.4 Å². The Morgan fingerprint density at radius 3 is 2.30 bits per heavy atom. The molecule has 0 bridgehead atoms. The molecular weight excluding hydrogens is 132 g/mol. The SMILES string of the molecule is CCC(C)(CC=O)C(=O)O. The van der Waals surface area contributed by atoms with E-state index in [9.17, 15) is 9.59 Å². The van der Waals surface area contributed by atoms with Crippen molar-refractivity contribution in [1.29, 1.82) is 0 Å². The van der Waals surface area contributed by atoms with Gasteiger partial charge in [0, 0.05) is 6.42 Å². The zero-order valence-electron chi connectivity index (χ0n) is 6.26. The van der Waals surface area contributed by atoms with Crippen LogP contribution in [0, 0.1) is 5.41 Å². The molecule has 0 aromatic carbocycles. The van der Waals surface area contributed by atoms with E-state index < -0.39 is 11.4 Å². The minimum absolute atomic E-state index is 0.0961. The highest BCUT2D eigenvalue weighted by Gasteiger charge is 2.30. The van der Waals surface area contributed by atoms with Crippen molar-refractivity contribution in [2.75, 3.05) is 0 Å². The number of hydrogen-bond donors (Lipinski definition) is 1. The first kappa shape index (κ1) is 9.14. The molecule has 0 aliphatic carbocycles. The van der Waals surface area contributed by atoms with E-state index in [0.717, 1.165) is 0 Å². The molecule has 0 rings (SSSR count). The monoisotopic (exact) mass is 144 g/mol. The molecule has 1 atom stereocenters. The average molecular weight is 144 g/mol. The van der Waals surface area contributed by atoms with Crippen LogP contribution in [0.25, 0.3) is 0 Å². The molecular formula is C7H12O3. The largest absolute Gasteiger partial charge is 0.481 e. The van der Waals surface area contributed by atoms with E-state index in [4.69, 9.17) is 5.11 Å². The number of aliphatic carboxylic acids is 1. The van der Waals surface area contributed by atoms with Crippen molar-refractivity contribution in [1.82, 2.24) is 0 Å². The fourth-order valence-electron chi connectivity index (χ4n) is 0.567. The molecule has 1 unspecified atom stereocenters. The van der Waals surface area contributed by atoms with Crippen LogP contribution in [-0.2, 0) is 9.59 Å². The normalized spacial score (nSPS) is 15.8. The number of aldehydes is 1. The van der Waals surface area contributed by atoms with Gasteiger partial charge in [-0.2, -0.15) is 0 Å². The Morgan fingerprint density at radius 1 is 1.70 bits per heavy atom. The number of rotatable bonds is 4. The van der Waals surface area contributed by atoms with Gasteiger partial charge in [0.05, 0.1) is 5.41 Å². The summed E-state index contributed by atoms with van der Waals surface area (Å²) in [5, 5.41) is 8.60. The van der Waals surface area contributed by atoms with Crippen LogP contribution in [0.15, 0.2) is 0 Å². The Morgan fingerprint density at radius 2 is 2.20 bits per heavy atom. The summed E-state index contributed by atoms with van der Waals surface area (Å²) in [4.78, 5) is 20.5. The fraction of sp³-hybridized carbons (Fsp3) is 0.714. The van der Waals surface area contributed by atoms with Crippen molar-refractivity contribution in [3.63, 3.8) is 0 Å². The second-order valence-corrected chi connectivity index (χ2v) is 2.59. The van der Waals surface area contributed by atoms with Crippen molar-refractivity contribution >= 4 is 12.3 Å². The van der Waals surface area contributed by atoms with Gasteiger partial charge in [-0.3, -0.25) is 4.79 Å². The Bertz CT molecular complexity index is 142. The van der Waals surface area contributed by atoms with Gasteiger partial charge < -0.3 is 9.90 Å². The molecule has 0 fully saturated rings.